The zero-order chi connectivity index (χ0) is 18.0. The summed E-state index contributed by atoms with van der Waals surface area (Å²) in [5.41, 5.74) is -2.82. The summed E-state index contributed by atoms with van der Waals surface area (Å²) in [6.07, 6.45) is -9.07. The summed E-state index contributed by atoms with van der Waals surface area (Å²) in [5.74, 6) is 0.0742. The molecule has 0 saturated carbocycles. The first-order valence-electron chi connectivity index (χ1n) is 6.56. The van der Waals surface area contributed by atoms with Crippen molar-refractivity contribution in [3.8, 4) is 5.75 Å². The zero-order valence-electron chi connectivity index (χ0n) is 11.9. The largest absolute Gasteiger partial charge is 0.489 e. The Kier molecular flexibility index (Phi) is 4.86. The summed E-state index contributed by atoms with van der Waals surface area (Å²) in [6.45, 7) is -0.721. The van der Waals surface area contributed by atoms with Crippen LogP contribution < -0.4 is 4.74 Å². The van der Waals surface area contributed by atoms with Gasteiger partial charge in [0.15, 0.2) is 0 Å². The maximum atomic E-state index is 12.9. The maximum Gasteiger partial charge on any atom is 0.416 e. The second-order valence-corrected chi connectivity index (χ2v) is 4.85. The third-order valence-electron chi connectivity index (χ3n) is 3.13. The minimum absolute atomic E-state index is 0.0742. The van der Waals surface area contributed by atoms with Crippen LogP contribution in [0.15, 0.2) is 42.5 Å². The quantitative estimate of drug-likeness (QED) is 0.567. The number of rotatable bonds is 4. The zero-order valence-corrected chi connectivity index (χ0v) is 11.9. The molecule has 0 bridgehead atoms. The van der Waals surface area contributed by atoms with Crippen LogP contribution in [-0.2, 0) is 19.0 Å². The van der Waals surface area contributed by atoms with Crippen molar-refractivity contribution >= 4 is 6.29 Å². The first-order valence-corrected chi connectivity index (χ1v) is 6.56. The van der Waals surface area contributed by atoms with Crippen molar-refractivity contribution in [1.82, 2.24) is 0 Å². The van der Waals surface area contributed by atoms with Gasteiger partial charge in [0.1, 0.15) is 18.6 Å². The van der Waals surface area contributed by atoms with Gasteiger partial charge in [0.05, 0.1) is 11.1 Å². The highest BCUT2D eigenvalue weighted by Gasteiger charge is 2.37. The van der Waals surface area contributed by atoms with Gasteiger partial charge in [-0.05, 0) is 30.3 Å². The van der Waals surface area contributed by atoms with E-state index in [1.165, 1.54) is 24.3 Å². The molecule has 0 unspecified atom stereocenters. The number of alkyl halides is 6. The maximum absolute atomic E-state index is 12.9. The van der Waals surface area contributed by atoms with Crippen LogP contribution in [0.3, 0.4) is 0 Å². The monoisotopic (exact) mass is 348 g/mol. The van der Waals surface area contributed by atoms with Gasteiger partial charge in [0.2, 0.25) is 0 Å². The van der Waals surface area contributed by atoms with E-state index in [0.717, 1.165) is 0 Å². The number of carbonyl (C=O) groups excluding carboxylic acids is 1. The Balaban J connectivity index is 2.33. The third-order valence-corrected chi connectivity index (χ3v) is 3.13. The molecular weight excluding hydrogens is 338 g/mol. The number of aldehydes is 1. The lowest BCUT2D eigenvalue weighted by Crippen LogP contribution is -2.14. The van der Waals surface area contributed by atoms with Crippen molar-refractivity contribution in [3.05, 3.63) is 64.7 Å². The molecular formula is C16H10F6O2. The van der Waals surface area contributed by atoms with E-state index in [1.807, 2.05) is 0 Å². The van der Waals surface area contributed by atoms with Gasteiger partial charge in [0, 0.05) is 11.1 Å². The van der Waals surface area contributed by atoms with Crippen LogP contribution in [0.5, 0.6) is 5.75 Å². The van der Waals surface area contributed by atoms with Crippen LogP contribution in [0.1, 0.15) is 27.0 Å². The number of hydrogen-bond acceptors (Lipinski definition) is 2. The summed E-state index contributed by atoms with van der Waals surface area (Å²) in [6, 6.07) is 6.71. The van der Waals surface area contributed by atoms with Crippen molar-refractivity contribution in [2.75, 3.05) is 0 Å². The summed E-state index contributed by atoms with van der Waals surface area (Å²) in [5, 5.41) is 0. The highest BCUT2D eigenvalue weighted by molar-refractivity contribution is 5.75. The van der Waals surface area contributed by atoms with Crippen molar-refractivity contribution in [3.63, 3.8) is 0 Å². The minimum atomic E-state index is -4.81. The fraction of sp³-hybridized carbons (Fsp3) is 0.188. The molecule has 128 valence electrons. The van der Waals surface area contributed by atoms with Crippen LogP contribution in [-0.4, -0.2) is 6.29 Å². The Hall–Kier alpha value is -2.51. The SMILES string of the molecule is O=Cc1cccc(OCc2cc(C(F)(F)F)ccc2C(F)(F)F)c1. The lowest BCUT2D eigenvalue weighted by molar-refractivity contribution is -0.142. The lowest BCUT2D eigenvalue weighted by Gasteiger charge is -2.16. The summed E-state index contributed by atoms with van der Waals surface area (Å²) in [4.78, 5) is 10.6. The number of hydrogen-bond donors (Lipinski definition) is 0. The predicted molar refractivity (Wildman–Crippen MR) is 72.6 cm³/mol. The standard InChI is InChI=1S/C16H10F6O2/c17-15(18,19)12-4-5-14(16(20,21)22)11(7-12)9-24-13-3-1-2-10(6-13)8-23/h1-8H,9H2. The Morgan fingerprint density at radius 3 is 2.21 bits per heavy atom. The van der Waals surface area contributed by atoms with E-state index >= 15 is 0 Å². The Labute approximate surface area is 132 Å². The molecule has 0 fully saturated rings. The van der Waals surface area contributed by atoms with E-state index < -0.39 is 35.6 Å². The molecule has 2 nitrogen and oxygen atoms in total. The van der Waals surface area contributed by atoms with Gasteiger partial charge in [-0.2, -0.15) is 26.3 Å². The number of halogens is 6. The van der Waals surface area contributed by atoms with Crippen molar-refractivity contribution in [2.45, 2.75) is 19.0 Å². The van der Waals surface area contributed by atoms with Gasteiger partial charge in [-0.25, -0.2) is 0 Å². The molecule has 2 aromatic carbocycles. The first-order chi connectivity index (χ1) is 11.1. The molecule has 0 amide bonds. The van der Waals surface area contributed by atoms with Crippen LogP contribution in [0.2, 0.25) is 0 Å². The van der Waals surface area contributed by atoms with Gasteiger partial charge in [-0.15, -0.1) is 0 Å². The molecule has 0 atom stereocenters. The van der Waals surface area contributed by atoms with E-state index in [2.05, 4.69) is 0 Å². The molecule has 0 saturated heterocycles. The topological polar surface area (TPSA) is 26.3 Å². The molecule has 24 heavy (non-hydrogen) atoms. The van der Waals surface area contributed by atoms with E-state index in [9.17, 15) is 31.1 Å². The molecule has 0 aliphatic carbocycles. The number of ether oxygens (including phenoxy) is 1. The van der Waals surface area contributed by atoms with Gasteiger partial charge >= 0.3 is 12.4 Å². The van der Waals surface area contributed by atoms with E-state index in [1.54, 1.807) is 0 Å². The minimum Gasteiger partial charge on any atom is -0.489 e. The lowest BCUT2D eigenvalue weighted by atomic mass is 10.0. The van der Waals surface area contributed by atoms with Gasteiger partial charge in [-0.3, -0.25) is 4.79 Å². The number of benzene rings is 2. The molecule has 0 radical (unpaired) electrons. The highest BCUT2D eigenvalue weighted by Crippen LogP contribution is 2.36. The normalized spacial score (nSPS) is 12.1. The van der Waals surface area contributed by atoms with Crippen LogP contribution >= 0.6 is 0 Å². The molecule has 2 rings (SSSR count). The predicted octanol–water partition coefficient (Wildman–Crippen LogP) is 5.12. The van der Waals surface area contributed by atoms with Crippen LogP contribution in [0.25, 0.3) is 0 Å². The van der Waals surface area contributed by atoms with Crippen LogP contribution in [0, 0.1) is 0 Å². The summed E-state index contributed by atoms with van der Waals surface area (Å²) < 4.78 is 82.0. The van der Waals surface area contributed by atoms with Crippen molar-refractivity contribution in [2.24, 2.45) is 0 Å². The summed E-state index contributed by atoms with van der Waals surface area (Å²) >= 11 is 0. The third kappa shape index (κ3) is 4.27. The second kappa shape index (κ2) is 6.54. The average molecular weight is 348 g/mol. The summed E-state index contributed by atoms with van der Waals surface area (Å²) in [7, 11) is 0. The highest BCUT2D eigenvalue weighted by atomic mass is 19.4. The molecule has 0 spiro atoms. The van der Waals surface area contributed by atoms with Crippen molar-refractivity contribution in [1.29, 1.82) is 0 Å². The van der Waals surface area contributed by atoms with E-state index in [0.29, 0.717) is 24.5 Å². The molecule has 0 heterocycles. The Bertz CT molecular complexity index is 734. The van der Waals surface area contributed by atoms with Gasteiger partial charge in [-0.1, -0.05) is 12.1 Å². The smallest absolute Gasteiger partial charge is 0.416 e. The Morgan fingerprint density at radius 2 is 1.62 bits per heavy atom. The fourth-order valence-corrected chi connectivity index (χ4v) is 2.00. The molecule has 0 aromatic heterocycles. The second-order valence-electron chi connectivity index (χ2n) is 4.85. The molecule has 0 aliphatic rings. The molecule has 0 aliphatic heterocycles. The van der Waals surface area contributed by atoms with Crippen LogP contribution in [0.4, 0.5) is 26.3 Å². The van der Waals surface area contributed by atoms with E-state index in [-0.39, 0.29) is 11.3 Å². The fourth-order valence-electron chi connectivity index (χ4n) is 2.00. The molecule has 8 heteroatoms. The molecule has 0 N–H and O–H groups in total. The Morgan fingerprint density at radius 1 is 0.917 bits per heavy atom. The first kappa shape index (κ1) is 17.8. The van der Waals surface area contributed by atoms with Gasteiger partial charge in [0.25, 0.3) is 0 Å². The molecule has 2 aromatic rings. The van der Waals surface area contributed by atoms with E-state index in [4.69, 9.17) is 4.74 Å². The average Bonchev–Trinajstić information content (AvgIpc) is 2.51. The van der Waals surface area contributed by atoms with Crippen molar-refractivity contribution < 1.29 is 35.9 Å². The van der Waals surface area contributed by atoms with Gasteiger partial charge < -0.3 is 4.74 Å². The number of carbonyl (C=O) groups is 1.